The molecule has 6 heteroatoms. The summed E-state index contributed by atoms with van der Waals surface area (Å²) in [5, 5.41) is 18.8. The first-order valence-corrected chi connectivity index (χ1v) is 7.81. The summed E-state index contributed by atoms with van der Waals surface area (Å²) < 4.78 is 5.33. The van der Waals surface area contributed by atoms with Crippen molar-refractivity contribution in [1.29, 1.82) is 0 Å². The Morgan fingerprint density at radius 3 is 2.43 bits per heavy atom. The van der Waals surface area contributed by atoms with E-state index in [4.69, 9.17) is 9.84 Å². The predicted molar refractivity (Wildman–Crippen MR) is 75.8 cm³/mol. The van der Waals surface area contributed by atoms with Crippen LogP contribution in [0.2, 0.25) is 0 Å². The second-order valence-corrected chi connectivity index (χ2v) is 6.19. The van der Waals surface area contributed by atoms with Gasteiger partial charge in [0, 0.05) is 19.5 Å². The van der Waals surface area contributed by atoms with Crippen LogP contribution in [0.15, 0.2) is 0 Å². The summed E-state index contributed by atoms with van der Waals surface area (Å²) in [6.45, 7) is 1.11. The van der Waals surface area contributed by atoms with Crippen molar-refractivity contribution >= 4 is 11.9 Å². The Kier molecular flexibility index (Phi) is 5.58. The highest BCUT2D eigenvalue weighted by Gasteiger charge is 2.42. The van der Waals surface area contributed by atoms with Crippen molar-refractivity contribution in [1.82, 2.24) is 4.90 Å². The summed E-state index contributed by atoms with van der Waals surface area (Å²) >= 11 is 0. The maximum absolute atomic E-state index is 12.5. The zero-order valence-corrected chi connectivity index (χ0v) is 12.4. The fourth-order valence-electron chi connectivity index (χ4n) is 3.33. The SMILES string of the molecule is O=C(CC1(C(=O)O)CCCCCC1)N1CCOC(CO)C1. The third-order valence-electron chi connectivity index (χ3n) is 4.70. The van der Waals surface area contributed by atoms with E-state index in [1.807, 2.05) is 0 Å². The molecule has 0 aromatic heterocycles. The summed E-state index contributed by atoms with van der Waals surface area (Å²) in [7, 11) is 0. The minimum Gasteiger partial charge on any atom is -0.481 e. The predicted octanol–water partition coefficient (Wildman–Crippen LogP) is 1.02. The molecule has 1 aliphatic carbocycles. The largest absolute Gasteiger partial charge is 0.481 e. The van der Waals surface area contributed by atoms with E-state index in [1.165, 1.54) is 0 Å². The second kappa shape index (κ2) is 7.22. The molecule has 0 bridgehead atoms. The van der Waals surface area contributed by atoms with Gasteiger partial charge in [0.15, 0.2) is 0 Å². The van der Waals surface area contributed by atoms with Gasteiger partial charge in [0.2, 0.25) is 5.91 Å². The van der Waals surface area contributed by atoms with Crippen LogP contribution in [0, 0.1) is 5.41 Å². The Hall–Kier alpha value is -1.14. The zero-order valence-electron chi connectivity index (χ0n) is 12.4. The van der Waals surface area contributed by atoms with Crippen LogP contribution < -0.4 is 0 Å². The van der Waals surface area contributed by atoms with E-state index >= 15 is 0 Å². The first kappa shape index (κ1) is 16.2. The van der Waals surface area contributed by atoms with Crippen LogP contribution in [0.25, 0.3) is 0 Å². The van der Waals surface area contributed by atoms with Crippen LogP contribution in [-0.4, -0.2) is 59.4 Å². The number of carboxylic acids is 1. The third kappa shape index (κ3) is 3.95. The van der Waals surface area contributed by atoms with Gasteiger partial charge < -0.3 is 19.8 Å². The van der Waals surface area contributed by atoms with Crippen LogP contribution in [0.3, 0.4) is 0 Å². The Morgan fingerprint density at radius 2 is 1.86 bits per heavy atom. The third-order valence-corrected chi connectivity index (χ3v) is 4.70. The average molecular weight is 299 g/mol. The molecule has 0 spiro atoms. The van der Waals surface area contributed by atoms with Crippen LogP contribution in [0.1, 0.15) is 44.9 Å². The molecular weight excluding hydrogens is 274 g/mol. The number of rotatable bonds is 4. The van der Waals surface area contributed by atoms with Gasteiger partial charge in [-0.1, -0.05) is 25.7 Å². The molecule has 2 rings (SSSR count). The molecule has 1 saturated carbocycles. The molecule has 120 valence electrons. The number of hydrogen-bond acceptors (Lipinski definition) is 4. The van der Waals surface area contributed by atoms with E-state index in [9.17, 15) is 14.7 Å². The van der Waals surface area contributed by atoms with Crippen molar-refractivity contribution in [2.75, 3.05) is 26.3 Å². The van der Waals surface area contributed by atoms with Gasteiger partial charge in [-0.05, 0) is 12.8 Å². The van der Waals surface area contributed by atoms with Gasteiger partial charge in [0.05, 0.1) is 24.7 Å². The Bertz CT molecular complexity index is 376. The average Bonchev–Trinajstić information content (AvgIpc) is 2.74. The number of nitrogens with zero attached hydrogens (tertiary/aromatic N) is 1. The maximum Gasteiger partial charge on any atom is 0.310 e. The molecule has 0 aromatic carbocycles. The van der Waals surface area contributed by atoms with Crippen LogP contribution in [-0.2, 0) is 14.3 Å². The smallest absolute Gasteiger partial charge is 0.310 e. The number of aliphatic hydroxyl groups is 1. The summed E-state index contributed by atoms with van der Waals surface area (Å²) in [6.07, 6.45) is 4.74. The molecule has 6 nitrogen and oxygen atoms in total. The number of carboxylic acid groups (broad SMARTS) is 1. The van der Waals surface area contributed by atoms with Gasteiger partial charge in [0.1, 0.15) is 0 Å². The first-order chi connectivity index (χ1) is 10.1. The lowest BCUT2D eigenvalue weighted by molar-refractivity contribution is -0.157. The normalized spacial score (nSPS) is 26.1. The number of morpholine rings is 1. The van der Waals surface area contributed by atoms with Gasteiger partial charge in [0.25, 0.3) is 0 Å². The van der Waals surface area contributed by atoms with Gasteiger partial charge in [-0.25, -0.2) is 0 Å². The van der Waals surface area contributed by atoms with Crippen molar-refractivity contribution in [3.05, 3.63) is 0 Å². The summed E-state index contributed by atoms with van der Waals surface area (Å²) in [4.78, 5) is 25.8. The molecule has 1 amide bonds. The molecule has 1 saturated heterocycles. The van der Waals surface area contributed by atoms with Crippen LogP contribution in [0.5, 0.6) is 0 Å². The van der Waals surface area contributed by atoms with E-state index in [0.717, 1.165) is 25.7 Å². The number of amides is 1. The van der Waals surface area contributed by atoms with E-state index in [1.54, 1.807) is 4.90 Å². The molecule has 1 atom stereocenters. The first-order valence-electron chi connectivity index (χ1n) is 7.81. The molecule has 1 aliphatic heterocycles. The summed E-state index contributed by atoms with van der Waals surface area (Å²) in [5.41, 5.74) is -0.902. The van der Waals surface area contributed by atoms with Crippen molar-refractivity contribution < 1.29 is 24.5 Å². The summed E-state index contributed by atoms with van der Waals surface area (Å²) in [5.74, 6) is -0.967. The minimum atomic E-state index is -0.902. The van der Waals surface area contributed by atoms with Crippen molar-refractivity contribution in [2.24, 2.45) is 5.41 Å². The van der Waals surface area contributed by atoms with Crippen LogP contribution >= 0.6 is 0 Å². The van der Waals surface area contributed by atoms with Crippen molar-refractivity contribution in [2.45, 2.75) is 51.0 Å². The maximum atomic E-state index is 12.5. The summed E-state index contributed by atoms with van der Waals surface area (Å²) in [6, 6.07) is 0. The Morgan fingerprint density at radius 1 is 1.19 bits per heavy atom. The lowest BCUT2D eigenvalue weighted by Crippen LogP contribution is -2.49. The van der Waals surface area contributed by atoms with Crippen molar-refractivity contribution in [3.63, 3.8) is 0 Å². The lowest BCUT2D eigenvalue weighted by atomic mass is 9.77. The highest BCUT2D eigenvalue weighted by Crippen LogP contribution is 2.39. The molecule has 0 aromatic rings. The molecular formula is C15H25NO5. The number of carbonyl (C=O) groups excluding carboxylic acids is 1. The molecule has 21 heavy (non-hydrogen) atoms. The van der Waals surface area contributed by atoms with Gasteiger partial charge in [-0.2, -0.15) is 0 Å². The number of hydrogen-bond donors (Lipinski definition) is 2. The number of ether oxygens (including phenoxy) is 1. The highest BCUT2D eigenvalue weighted by atomic mass is 16.5. The Balaban J connectivity index is 2.02. The zero-order chi connectivity index (χ0) is 15.3. The second-order valence-electron chi connectivity index (χ2n) is 6.19. The van der Waals surface area contributed by atoms with E-state index in [0.29, 0.717) is 32.5 Å². The molecule has 0 radical (unpaired) electrons. The van der Waals surface area contributed by atoms with Crippen LogP contribution in [0.4, 0.5) is 0 Å². The topological polar surface area (TPSA) is 87.1 Å². The molecule has 1 heterocycles. The molecule has 2 N–H and O–H groups in total. The number of carbonyl (C=O) groups is 2. The molecule has 1 unspecified atom stereocenters. The van der Waals surface area contributed by atoms with E-state index < -0.39 is 11.4 Å². The highest BCUT2D eigenvalue weighted by molar-refractivity contribution is 5.85. The molecule has 2 aliphatic rings. The minimum absolute atomic E-state index is 0.0699. The fourth-order valence-corrected chi connectivity index (χ4v) is 3.33. The van der Waals surface area contributed by atoms with Gasteiger partial charge >= 0.3 is 5.97 Å². The fraction of sp³-hybridized carbons (Fsp3) is 0.867. The lowest BCUT2D eigenvalue weighted by Gasteiger charge is -2.35. The number of aliphatic hydroxyl groups excluding tert-OH is 1. The number of aliphatic carboxylic acids is 1. The quantitative estimate of drug-likeness (QED) is 0.757. The van der Waals surface area contributed by atoms with Gasteiger partial charge in [-0.15, -0.1) is 0 Å². The Labute approximate surface area is 125 Å². The standard InChI is InChI=1S/C15H25NO5/c17-11-12-10-16(7-8-21-12)13(18)9-15(14(19)20)5-3-1-2-4-6-15/h12,17H,1-11H2,(H,19,20). The monoisotopic (exact) mass is 299 g/mol. The van der Waals surface area contributed by atoms with Crippen molar-refractivity contribution in [3.8, 4) is 0 Å². The van der Waals surface area contributed by atoms with Gasteiger partial charge in [-0.3, -0.25) is 9.59 Å². The van der Waals surface area contributed by atoms with E-state index in [2.05, 4.69) is 0 Å². The molecule has 2 fully saturated rings. The van der Waals surface area contributed by atoms with E-state index in [-0.39, 0.29) is 25.0 Å².